The predicted molar refractivity (Wildman–Crippen MR) is 70.0 cm³/mol. The maximum absolute atomic E-state index is 12.0. The summed E-state index contributed by atoms with van der Waals surface area (Å²) >= 11 is 5.83. The Balaban J connectivity index is 3.07. The lowest BCUT2D eigenvalue weighted by Crippen LogP contribution is -2.40. The Morgan fingerprint density at radius 1 is 1.53 bits per heavy atom. The van der Waals surface area contributed by atoms with Gasteiger partial charge in [0.25, 0.3) is 0 Å². The second kappa shape index (κ2) is 6.23. The van der Waals surface area contributed by atoms with Gasteiger partial charge in [-0.25, -0.2) is 8.42 Å². The molecule has 0 radical (unpaired) electrons. The van der Waals surface area contributed by atoms with E-state index in [9.17, 15) is 13.2 Å². The van der Waals surface area contributed by atoms with Crippen molar-refractivity contribution in [3.63, 3.8) is 0 Å². The van der Waals surface area contributed by atoms with Crippen molar-refractivity contribution in [2.24, 2.45) is 0 Å². The van der Waals surface area contributed by atoms with Gasteiger partial charge in [-0.15, -0.1) is 0 Å². The Kier molecular flexibility index (Phi) is 5.16. The van der Waals surface area contributed by atoms with E-state index in [1.807, 2.05) is 0 Å². The van der Waals surface area contributed by atoms with Crippen LogP contribution < -0.4 is 9.46 Å². The Hall–Kier alpha value is -1.31. The Morgan fingerprint density at radius 2 is 2.16 bits per heavy atom. The van der Waals surface area contributed by atoms with Crippen LogP contribution in [-0.2, 0) is 14.8 Å². The first-order valence-electron chi connectivity index (χ1n) is 5.40. The zero-order valence-electron chi connectivity index (χ0n) is 10.4. The van der Waals surface area contributed by atoms with Gasteiger partial charge in [0, 0.05) is 0 Å². The Labute approximate surface area is 116 Å². The summed E-state index contributed by atoms with van der Waals surface area (Å²) in [5, 5.41) is 8.98. The number of hydrogen-bond acceptors (Lipinski definition) is 4. The lowest BCUT2D eigenvalue weighted by Gasteiger charge is -2.13. The van der Waals surface area contributed by atoms with Crippen LogP contribution in [0.3, 0.4) is 0 Å². The highest BCUT2D eigenvalue weighted by Crippen LogP contribution is 2.26. The van der Waals surface area contributed by atoms with E-state index in [0.717, 1.165) is 0 Å². The van der Waals surface area contributed by atoms with E-state index in [4.69, 9.17) is 21.4 Å². The van der Waals surface area contributed by atoms with Crippen LogP contribution in [0.1, 0.15) is 13.3 Å². The number of aliphatic carboxylic acids is 1. The summed E-state index contributed by atoms with van der Waals surface area (Å²) in [6, 6.07) is 2.73. The summed E-state index contributed by atoms with van der Waals surface area (Å²) in [6.45, 7) is 1.57. The predicted octanol–water partition coefficient (Wildman–Crippen LogP) is 1.49. The van der Waals surface area contributed by atoms with Crippen molar-refractivity contribution in [1.82, 2.24) is 4.72 Å². The number of rotatable bonds is 6. The van der Waals surface area contributed by atoms with Crippen LogP contribution in [0.5, 0.6) is 5.75 Å². The second-order valence-corrected chi connectivity index (χ2v) is 5.84. The van der Waals surface area contributed by atoms with Gasteiger partial charge in [0.15, 0.2) is 0 Å². The zero-order valence-corrected chi connectivity index (χ0v) is 12.0. The SMILES string of the molecule is CCC(NS(=O)(=O)c1ccc(OC)c(Cl)c1)C(=O)O. The van der Waals surface area contributed by atoms with Gasteiger partial charge in [0.2, 0.25) is 10.0 Å². The number of methoxy groups -OCH3 is 1. The van der Waals surface area contributed by atoms with Crippen LogP contribution in [0, 0.1) is 0 Å². The number of hydrogen-bond donors (Lipinski definition) is 2. The molecule has 2 N–H and O–H groups in total. The van der Waals surface area contributed by atoms with Crippen LogP contribution in [-0.4, -0.2) is 32.6 Å². The lowest BCUT2D eigenvalue weighted by atomic mass is 10.2. The molecule has 0 aromatic heterocycles. The molecule has 0 fully saturated rings. The van der Waals surface area contributed by atoms with E-state index in [0.29, 0.717) is 5.75 Å². The number of carboxylic acids is 1. The third kappa shape index (κ3) is 3.82. The fourth-order valence-corrected chi connectivity index (χ4v) is 3.00. The van der Waals surface area contributed by atoms with Gasteiger partial charge in [-0.05, 0) is 24.6 Å². The average molecular weight is 308 g/mol. The van der Waals surface area contributed by atoms with Gasteiger partial charge in [0.05, 0.1) is 17.0 Å². The Bertz CT molecular complexity index is 572. The quantitative estimate of drug-likeness (QED) is 0.830. The molecular formula is C11H14ClNO5S. The maximum atomic E-state index is 12.0. The fraction of sp³-hybridized carbons (Fsp3) is 0.364. The standard InChI is InChI=1S/C11H14ClNO5S/c1-3-9(11(14)15)13-19(16,17)7-4-5-10(18-2)8(12)6-7/h4-6,9,13H,3H2,1-2H3,(H,14,15). The van der Waals surface area contributed by atoms with Crippen LogP contribution >= 0.6 is 11.6 Å². The molecule has 0 heterocycles. The van der Waals surface area contributed by atoms with E-state index >= 15 is 0 Å². The first-order chi connectivity index (χ1) is 8.81. The molecule has 8 heteroatoms. The van der Waals surface area contributed by atoms with E-state index in [1.165, 1.54) is 25.3 Å². The highest BCUT2D eigenvalue weighted by molar-refractivity contribution is 7.89. The fourth-order valence-electron chi connectivity index (χ4n) is 1.38. The van der Waals surface area contributed by atoms with Gasteiger partial charge >= 0.3 is 5.97 Å². The molecule has 6 nitrogen and oxygen atoms in total. The van der Waals surface area contributed by atoms with Gasteiger partial charge in [0.1, 0.15) is 11.8 Å². The van der Waals surface area contributed by atoms with Gasteiger partial charge in [-0.3, -0.25) is 4.79 Å². The number of sulfonamides is 1. The molecule has 0 amide bonds. The molecule has 0 bridgehead atoms. The first kappa shape index (κ1) is 15.7. The topological polar surface area (TPSA) is 92.7 Å². The van der Waals surface area contributed by atoms with Crippen LogP contribution in [0.4, 0.5) is 0 Å². The number of benzene rings is 1. The van der Waals surface area contributed by atoms with Crippen molar-refractivity contribution >= 4 is 27.6 Å². The minimum Gasteiger partial charge on any atom is -0.495 e. The number of carbonyl (C=O) groups is 1. The molecule has 0 saturated heterocycles. The number of halogens is 1. The molecule has 0 saturated carbocycles. The molecule has 19 heavy (non-hydrogen) atoms. The molecule has 1 aromatic carbocycles. The van der Waals surface area contributed by atoms with Gasteiger partial charge < -0.3 is 9.84 Å². The highest BCUT2D eigenvalue weighted by atomic mass is 35.5. The largest absolute Gasteiger partial charge is 0.495 e. The summed E-state index contributed by atoms with van der Waals surface area (Å²) < 4.78 is 31.0. The third-order valence-corrected chi connectivity index (χ3v) is 4.20. The van der Waals surface area contributed by atoms with Crippen molar-refractivity contribution < 1.29 is 23.1 Å². The minimum absolute atomic E-state index is 0.113. The van der Waals surface area contributed by atoms with E-state index in [-0.39, 0.29) is 16.3 Å². The normalized spacial score (nSPS) is 13.0. The maximum Gasteiger partial charge on any atom is 0.321 e. The lowest BCUT2D eigenvalue weighted by molar-refractivity contribution is -0.139. The van der Waals surface area contributed by atoms with Gasteiger partial charge in [-0.1, -0.05) is 18.5 Å². The molecule has 1 aromatic rings. The highest BCUT2D eigenvalue weighted by Gasteiger charge is 2.24. The molecule has 0 aliphatic carbocycles. The molecular weight excluding hydrogens is 294 g/mol. The van der Waals surface area contributed by atoms with Crippen LogP contribution in [0.25, 0.3) is 0 Å². The average Bonchev–Trinajstić information content (AvgIpc) is 2.35. The summed E-state index contributed by atoms with van der Waals surface area (Å²) in [6.07, 6.45) is 0.137. The number of nitrogens with one attached hydrogen (secondary N) is 1. The van der Waals surface area contributed by atoms with Crippen molar-refractivity contribution in [2.75, 3.05) is 7.11 Å². The molecule has 0 spiro atoms. The van der Waals surface area contributed by atoms with Crippen LogP contribution in [0.15, 0.2) is 23.1 Å². The van der Waals surface area contributed by atoms with E-state index < -0.39 is 22.0 Å². The summed E-state index contributed by atoms with van der Waals surface area (Å²) in [5.74, 6) is -0.892. The molecule has 0 aliphatic heterocycles. The van der Waals surface area contributed by atoms with Crippen molar-refractivity contribution in [3.8, 4) is 5.75 Å². The monoisotopic (exact) mass is 307 g/mol. The molecule has 1 atom stereocenters. The summed E-state index contributed by atoms with van der Waals surface area (Å²) in [5.41, 5.74) is 0. The molecule has 1 unspecified atom stereocenters. The molecule has 106 valence electrons. The minimum atomic E-state index is -3.93. The first-order valence-corrected chi connectivity index (χ1v) is 7.26. The Morgan fingerprint density at radius 3 is 2.58 bits per heavy atom. The van der Waals surface area contributed by atoms with E-state index in [1.54, 1.807) is 6.92 Å². The number of ether oxygens (including phenoxy) is 1. The van der Waals surface area contributed by atoms with Crippen molar-refractivity contribution in [1.29, 1.82) is 0 Å². The van der Waals surface area contributed by atoms with Crippen molar-refractivity contribution in [2.45, 2.75) is 24.3 Å². The second-order valence-electron chi connectivity index (χ2n) is 3.72. The van der Waals surface area contributed by atoms with Crippen LogP contribution in [0.2, 0.25) is 5.02 Å². The summed E-state index contributed by atoms with van der Waals surface area (Å²) in [7, 11) is -2.53. The zero-order chi connectivity index (χ0) is 14.6. The van der Waals surface area contributed by atoms with Crippen molar-refractivity contribution in [3.05, 3.63) is 23.2 Å². The summed E-state index contributed by atoms with van der Waals surface area (Å²) in [4.78, 5) is 10.7. The number of carboxylic acid groups (broad SMARTS) is 1. The van der Waals surface area contributed by atoms with E-state index in [2.05, 4.69) is 4.72 Å². The molecule has 0 aliphatic rings. The molecule has 1 rings (SSSR count). The van der Waals surface area contributed by atoms with Gasteiger partial charge in [-0.2, -0.15) is 4.72 Å². The smallest absolute Gasteiger partial charge is 0.321 e. The third-order valence-electron chi connectivity index (χ3n) is 2.44.